The molecule has 8 heteroatoms. The first kappa shape index (κ1) is 19.4. The number of fused-ring (bicyclic) bond motifs is 1. The van der Waals surface area contributed by atoms with Gasteiger partial charge in [-0.3, -0.25) is 4.79 Å². The van der Waals surface area contributed by atoms with Gasteiger partial charge in [0.25, 0.3) is 0 Å². The number of rotatable bonds is 4. The molecular weight excluding hydrogens is 410 g/mol. The predicted molar refractivity (Wildman–Crippen MR) is 109 cm³/mol. The molecule has 4 rings (SSSR count). The van der Waals surface area contributed by atoms with Gasteiger partial charge in [0.15, 0.2) is 0 Å². The number of amides is 1. The molecule has 2 N–H and O–H groups in total. The van der Waals surface area contributed by atoms with Crippen LogP contribution in [0.2, 0.25) is 0 Å². The summed E-state index contributed by atoms with van der Waals surface area (Å²) in [5.74, 6) is -1.63. The number of thiophene rings is 1. The quantitative estimate of drug-likeness (QED) is 0.654. The fourth-order valence-corrected chi connectivity index (χ4v) is 6.28. The lowest BCUT2D eigenvalue weighted by atomic mass is 9.90. The van der Waals surface area contributed by atoms with Crippen molar-refractivity contribution in [2.45, 2.75) is 29.1 Å². The summed E-state index contributed by atoms with van der Waals surface area (Å²) in [4.78, 5) is 24.4. The molecule has 1 aliphatic heterocycles. The number of nitrogens with one attached hydrogen (secondary N) is 1. The van der Waals surface area contributed by atoms with Crippen molar-refractivity contribution >= 4 is 38.7 Å². The summed E-state index contributed by atoms with van der Waals surface area (Å²) < 4.78 is 26.3. The Labute approximate surface area is 171 Å². The van der Waals surface area contributed by atoms with E-state index in [-0.39, 0.29) is 33.6 Å². The van der Waals surface area contributed by atoms with Gasteiger partial charge in [0.2, 0.25) is 15.7 Å². The fraction of sp³-hybridized carbons (Fsp3) is 0.143. The van der Waals surface area contributed by atoms with E-state index in [9.17, 15) is 18.0 Å². The molecule has 1 amide bonds. The van der Waals surface area contributed by atoms with Crippen LogP contribution >= 0.6 is 11.3 Å². The maximum absolute atomic E-state index is 13.1. The van der Waals surface area contributed by atoms with Gasteiger partial charge in [-0.2, -0.15) is 0 Å². The van der Waals surface area contributed by atoms with Crippen LogP contribution in [-0.4, -0.2) is 25.4 Å². The van der Waals surface area contributed by atoms with Gasteiger partial charge in [0, 0.05) is 22.6 Å². The number of carbonyl (C=O) groups excluding carboxylic acids is 1. The summed E-state index contributed by atoms with van der Waals surface area (Å²) in [6, 6.07) is 12.9. The van der Waals surface area contributed by atoms with Crippen LogP contribution in [0, 0.1) is 6.92 Å². The zero-order valence-corrected chi connectivity index (χ0v) is 17.0. The maximum Gasteiger partial charge on any atom is 0.335 e. The molecule has 2 heterocycles. The average molecular weight is 428 g/mol. The third-order valence-corrected chi connectivity index (χ3v) is 7.98. The number of sulfone groups is 1. The molecule has 2 aromatic carbocycles. The lowest BCUT2D eigenvalue weighted by Crippen LogP contribution is -2.23. The zero-order valence-electron chi connectivity index (χ0n) is 15.4. The minimum Gasteiger partial charge on any atom is -0.478 e. The van der Waals surface area contributed by atoms with Crippen molar-refractivity contribution in [2.24, 2.45) is 0 Å². The van der Waals surface area contributed by atoms with Crippen molar-refractivity contribution in [1.82, 2.24) is 0 Å². The molecule has 0 aliphatic carbocycles. The van der Waals surface area contributed by atoms with E-state index in [0.717, 1.165) is 16.0 Å². The molecule has 0 spiro atoms. The fourth-order valence-electron chi connectivity index (χ4n) is 3.37. The monoisotopic (exact) mass is 427 g/mol. The highest BCUT2D eigenvalue weighted by Gasteiger charge is 2.34. The first-order valence-corrected chi connectivity index (χ1v) is 11.2. The van der Waals surface area contributed by atoms with Crippen molar-refractivity contribution in [1.29, 1.82) is 0 Å². The van der Waals surface area contributed by atoms with E-state index in [1.54, 1.807) is 41.8 Å². The molecule has 1 aromatic heterocycles. The topological polar surface area (TPSA) is 101 Å². The van der Waals surface area contributed by atoms with Crippen molar-refractivity contribution in [2.75, 3.05) is 5.32 Å². The van der Waals surface area contributed by atoms with E-state index in [0.29, 0.717) is 5.69 Å². The van der Waals surface area contributed by atoms with Gasteiger partial charge in [0.05, 0.1) is 16.1 Å². The van der Waals surface area contributed by atoms with E-state index < -0.39 is 15.8 Å². The van der Waals surface area contributed by atoms with Gasteiger partial charge in [-0.05, 0) is 36.8 Å². The predicted octanol–water partition coefficient (Wildman–Crippen LogP) is 4.06. The van der Waals surface area contributed by atoms with Crippen LogP contribution in [0.25, 0.3) is 0 Å². The molecule has 148 valence electrons. The number of benzene rings is 2. The van der Waals surface area contributed by atoms with E-state index in [4.69, 9.17) is 5.11 Å². The van der Waals surface area contributed by atoms with Crippen molar-refractivity contribution < 1.29 is 23.1 Å². The number of carboxylic acid groups (broad SMARTS) is 1. The summed E-state index contributed by atoms with van der Waals surface area (Å²) >= 11 is 1.28. The third kappa shape index (κ3) is 3.45. The van der Waals surface area contributed by atoms with Crippen LogP contribution in [0.3, 0.4) is 0 Å². The number of aryl methyl sites for hydroxylation is 1. The lowest BCUT2D eigenvalue weighted by molar-refractivity contribution is -0.116. The standard InChI is InChI=1S/C21H17NO5S2/c1-12-2-8-15(9-3-12)29(26,27)17-11-28-20-16(10-18(23)22-19(17)20)13-4-6-14(7-5-13)21(24)25/h2-9,11,16H,10H2,1H3,(H,22,23)(H,24,25)/t16-/m0/s1. The largest absolute Gasteiger partial charge is 0.478 e. The summed E-state index contributed by atoms with van der Waals surface area (Å²) in [7, 11) is -3.78. The summed E-state index contributed by atoms with van der Waals surface area (Å²) in [5.41, 5.74) is 2.20. The van der Waals surface area contributed by atoms with Crippen LogP contribution in [0.15, 0.2) is 63.7 Å². The van der Waals surface area contributed by atoms with E-state index >= 15 is 0 Å². The highest BCUT2D eigenvalue weighted by Crippen LogP contribution is 2.45. The highest BCUT2D eigenvalue weighted by atomic mass is 32.2. The Morgan fingerprint density at radius 3 is 2.38 bits per heavy atom. The first-order valence-electron chi connectivity index (χ1n) is 8.83. The zero-order chi connectivity index (χ0) is 20.8. The molecule has 0 fully saturated rings. The Hall–Kier alpha value is -2.97. The molecular formula is C21H17NO5S2. The van der Waals surface area contributed by atoms with Gasteiger partial charge < -0.3 is 10.4 Å². The van der Waals surface area contributed by atoms with Gasteiger partial charge in [0.1, 0.15) is 4.90 Å². The van der Waals surface area contributed by atoms with E-state index in [1.165, 1.54) is 23.5 Å². The second-order valence-electron chi connectivity index (χ2n) is 6.89. The SMILES string of the molecule is Cc1ccc(S(=O)(=O)c2csc3c2NC(=O)C[C@H]3c2ccc(C(=O)O)cc2)cc1. The third-order valence-electron chi connectivity index (χ3n) is 4.94. The first-order chi connectivity index (χ1) is 13.8. The number of carbonyl (C=O) groups is 2. The smallest absolute Gasteiger partial charge is 0.335 e. The Kier molecular flexibility index (Phi) is 4.76. The molecule has 0 saturated heterocycles. The van der Waals surface area contributed by atoms with E-state index in [1.807, 2.05) is 6.92 Å². The van der Waals surface area contributed by atoms with E-state index in [2.05, 4.69) is 5.32 Å². The summed E-state index contributed by atoms with van der Waals surface area (Å²) in [5, 5.41) is 13.4. The number of anilines is 1. The minimum atomic E-state index is -3.78. The number of hydrogen-bond donors (Lipinski definition) is 2. The van der Waals surface area contributed by atoms with Crippen LogP contribution in [-0.2, 0) is 14.6 Å². The minimum absolute atomic E-state index is 0.0848. The molecule has 6 nitrogen and oxygen atoms in total. The average Bonchev–Trinajstić information content (AvgIpc) is 3.12. The van der Waals surface area contributed by atoms with Crippen molar-refractivity contribution in [3.63, 3.8) is 0 Å². The Bertz CT molecular complexity index is 1210. The Morgan fingerprint density at radius 2 is 1.76 bits per heavy atom. The van der Waals surface area contributed by atoms with Gasteiger partial charge in [-0.1, -0.05) is 29.8 Å². The van der Waals surface area contributed by atoms with Gasteiger partial charge in [-0.25, -0.2) is 13.2 Å². The van der Waals surface area contributed by atoms with Crippen molar-refractivity contribution in [3.8, 4) is 0 Å². The molecule has 1 aliphatic rings. The van der Waals surface area contributed by atoms with Crippen molar-refractivity contribution in [3.05, 3.63) is 75.5 Å². The lowest BCUT2D eigenvalue weighted by Gasteiger charge is -2.24. The molecule has 0 bridgehead atoms. The number of aromatic carboxylic acids is 1. The number of hydrogen-bond acceptors (Lipinski definition) is 5. The van der Waals surface area contributed by atoms with Crippen LogP contribution < -0.4 is 5.32 Å². The van der Waals surface area contributed by atoms with Gasteiger partial charge >= 0.3 is 5.97 Å². The normalized spacial score (nSPS) is 16.2. The highest BCUT2D eigenvalue weighted by molar-refractivity contribution is 7.91. The number of carboxylic acids is 1. The second-order valence-corrected chi connectivity index (χ2v) is 9.72. The van der Waals surface area contributed by atoms with Crippen LogP contribution in [0.4, 0.5) is 5.69 Å². The van der Waals surface area contributed by atoms with Gasteiger partial charge in [-0.15, -0.1) is 11.3 Å². The second kappa shape index (κ2) is 7.13. The molecule has 0 unspecified atom stereocenters. The molecule has 3 aromatic rings. The molecule has 0 saturated carbocycles. The maximum atomic E-state index is 13.1. The molecule has 29 heavy (non-hydrogen) atoms. The summed E-state index contributed by atoms with van der Waals surface area (Å²) in [6.07, 6.45) is 0.171. The van der Waals surface area contributed by atoms with Crippen LogP contribution in [0.5, 0.6) is 0 Å². The van der Waals surface area contributed by atoms with Crippen LogP contribution in [0.1, 0.15) is 38.7 Å². The molecule has 1 atom stereocenters. The Morgan fingerprint density at radius 1 is 1.10 bits per heavy atom. The molecule has 0 radical (unpaired) electrons. The Balaban J connectivity index is 1.78. The summed E-state index contributed by atoms with van der Waals surface area (Å²) in [6.45, 7) is 1.88.